The molecule has 5 heteroatoms. The zero-order valence-corrected chi connectivity index (χ0v) is 16.2. The second-order valence-corrected chi connectivity index (χ2v) is 6.31. The maximum absolute atomic E-state index is 14.8. The number of fused-ring (bicyclic) bond motifs is 1. The highest BCUT2D eigenvalue weighted by Crippen LogP contribution is 2.35. The molecule has 0 bridgehead atoms. The summed E-state index contributed by atoms with van der Waals surface area (Å²) >= 11 is 0. The maximum atomic E-state index is 14.8. The molecule has 0 atom stereocenters. The Morgan fingerprint density at radius 2 is 1.41 bits per heavy atom. The predicted octanol–water partition coefficient (Wildman–Crippen LogP) is 6.83. The van der Waals surface area contributed by atoms with Crippen LogP contribution in [0.4, 0.5) is 13.2 Å². The summed E-state index contributed by atoms with van der Waals surface area (Å²) in [5.41, 5.74) is 0.521. The monoisotopic (exact) mass is 398 g/mol. The Morgan fingerprint density at radius 1 is 0.759 bits per heavy atom. The second-order valence-electron chi connectivity index (χ2n) is 6.31. The largest absolute Gasteiger partial charge is 0.490 e. The number of benzene rings is 3. The van der Waals surface area contributed by atoms with E-state index in [0.29, 0.717) is 17.9 Å². The molecule has 0 aliphatic heterocycles. The molecule has 3 aromatic carbocycles. The van der Waals surface area contributed by atoms with Crippen molar-refractivity contribution in [2.24, 2.45) is 0 Å². The minimum atomic E-state index is -1.24. The summed E-state index contributed by atoms with van der Waals surface area (Å²) in [4.78, 5) is 0. The van der Waals surface area contributed by atoms with Gasteiger partial charge in [0.25, 0.3) is 0 Å². The van der Waals surface area contributed by atoms with Crippen LogP contribution in [0, 0.1) is 17.5 Å². The molecule has 0 amide bonds. The fraction of sp³-hybridized carbons (Fsp3) is 0.167. The van der Waals surface area contributed by atoms with Crippen molar-refractivity contribution in [1.82, 2.24) is 0 Å². The average molecular weight is 398 g/mol. The van der Waals surface area contributed by atoms with Crippen molar-refractivity contribution >= 4 is 10.8 Å². The summed E-state index contributed by atoms with van der Waals surface area (Å²) in [5.74, 6) is -2.76. The van der Waals surface area contributed by atoms with Crippen molar-refractivity contribution < 1.29 is 22.6 Å². The lowest BCUT2D eigenvalue weighted by Crippen LogP contribution is -2.00. The van der Waals surface area contributed by atoms with Gasteiger partial charge >= 0.3 is 0 Å². The zero-order valence-electron chi connectivity index (χ0n) is 16.2. The quantitative estimate of drug-likeness (QED) is 0.406. The van der Waals surface area contributed by atoms with E-state index in [9.17, 15) is 13.2 Å². The summed E-state index contributed by atoms with van der Waals surface area (Å²) in [6.45, 7) is 4.26. The van der Waals surface area contributed by atoms with Crippen molar-refractivity contribution in [2.75, 3.05) is 13.2 Å². The number of allylic oxidation sites excluding steroid dienone is 2. The van der Waals surface area contributed by atoms with E-state index in [1.165, 1.54) is 18.2 Å². The molecule has 29 heavy (non-hydrogen) atoms. The van der Waals surface area contributed by atoms with Crippen molar-refractivity contribution in [3.8, 4) is 22.6 Å². The standard InChI is InChI=1S/C24H21F3O2/c1-3-5-13-28-18-10-7-16(8-11-18)19-15-17-9-12-20(29-14-6-4-2)23(26)21(17)24(27)22(19)25/h3-12,15H,13-14H2,1-2H3. The summed E-state index contributed by atoms with van der Waals surface area (Å²) in [6, 6.07) is 11.0. The third kappa shape index (κ3) is 4.45. The lowest BCUT2D eigenvalue weighted by Gasteiger charge is -2.12. The highest BCUT2D eigenvalue weighted by molar-refractivity contribution is 5.90. The molecule has 0 saturated carbocycles. The topological polar surface area (TPSA) is 18.5 Å². The molecule has 2 nitrogen and oxygen atoms in total. The van der Waals surface area contributed by atoms with Crippen LogP contribution in [0.25, 0.3) is 21.9 Å². The van der Waals surface area contributed by atoms with Crippen LogP contribution in [0.15, 0.2) is 66.8 Å². The fourth-order valence-corrected chi connectivity index (χ4v) is 2.89. The Balaban J connectivity index is 1.98. The lowest BCUT2D eigenvalue weighted by atomic mass is 9.99. The van der Waals surface area contributed by atoms with Crippen LogP contribution in [0.5, 0.6) is 11.5 Å². The highest BCUT2D eigenvalue weighted by Gasteiger charge is 2.20. The van der Waals surface area contributed by atoms with Crippen molar-refractivity contribution in [2.45, 2.75) is 13.8 Å². The Hall–Kier alpha value is -3.21. The van der Waals surface area contributed by atoms with E-state index in [4.69, 9.17) is 9.47 Å². The summed E-state index contributed by atoms with van der Waals surface area (Å²) in [6.07, 6.45) is 7.17. The molecular formula is C24H21F3O2. The molecule has 0 fully saturated rings. The first-order chi connectivity index (χ1) is 14.1. The summed E-state index contributed by atoms with van der Waals surface area (Å²) < 4.78 is 55.0. The third-order valence-electron chi connectivity index (χ3n) is 4.41. The van der Waals surface area contributed by atoms with Gasteiger partial charge < -0.3 is 9.47 Å². The summed E-state index contributed by atoms with van der Waals surface area (Å²) in [7, 11) is 0. The number of hydrogen-bond donors (Lipinski definition) is 0. The Kier molecular flexibility index (Phi) is 6.60. The number of rotatable bonds is 7. The molecule has 150 valence electrons. The van der Waals surface area contributed by atoms with E-state index in [-0.39, 0.29) is 23.3 Å². The summed E-state index contributed by atoms with van der Waals surface area (Å²) in [5, 5.41) is -0.168. The Bertz CT molecular complexity index is 1050. The van der Waals surface area contributed by atoms with Gasteiger partial charge in [0, 0.05) is 5.56 Å². The van der Waals surface area contributed by atoms with Crippen molar-refractivity contribution in [1.29, 1.82) is 0 Å². The number of halogens is 3. The van der Waals surface area contributed by atoms with Crippen LogP contribution in [0.3, 0.4) is 0 Å². The van der Waals surface area contributed by atoms with Crippen molar-refractivity contribution in [3.63, 3.8) is 0 Å². The van der Waals surface area contributed by atoms with Crippen LogP contribution < -0.4 is 9.47 Å². The van der Waals surface area contributed by atoms with Gasteiger partial charge in [0.1, 0.15) is 19.0 Å². The number of ether oxygens (including phenoxy) is 2. The molecule has 0 radical (unpaired) electrons. The maximum Gasteiger partial charge on any atom is 0.175 e. The molecule has 3 rings (SSSR count). The van der Waals surface area contributed by atoms with E-state index in [0.717, 1.165) is 0 Å². The molecule has 3 aromatic rings. The van der Waals surface area contributed by atoms with Crippen LogP contribution in [-0.4, -0.2) is 13.2 Å². The SMILES string of the molecule is CC=CCOc1ccc(-c2cc3ccc(OCC=CC)c(F)c3c(F)c2F)cc1. The minimum Gasteiger partial charge on any atom is -0.490 e. The third-order valence-corrected chi connectivity index (χ3v) is 4.41. The zero-order chi connectivity index (χ0) is 20.8. The first-order valence-corrected chi connectivity index (χ1v) is 9.25. The normalized spacial score (nSPS) is 11.6. The van der Waals surface area contributed by atoms with Crippen LogP contribution in [0.1, 0.15) is 13.8 Å². The molecule has 0 N–H and O–H groups in total. The highest BCUT2D eigenvalue weighted by atomic mass is 19.2. The molecule has 0 heterocycles. The van der Waals surface area contributed by atoms with Gasteiger partial charge in [-0.15, -0.1) is 0 Å². The van der Waals surface area contributed by atoms with Crippen LogP contribution in [-0.2, 0) is 0 Å². The van der Waals surface area contributed by atoms with Gasteiger partial charge in [0.2, 0.25) is 0 Å². The van der Waals surface area contributed by atoms with Gasteiger partial charge in [-0.25, -0.2) is 13.2 Å². The molecule has 0 unspecified atom stereocenters. The Morgan fingerprint density at radius 3 is 2.07 bits per heavy atom. The van der Waals surface area contributed by atoms with E-state index < -0.39 is 22.8 Å². The van der Waals surface area contributed by atoms with Crippen LogP contribution in [0.2, 0.25) is 0 Å². The average Bonchev–Trinajstić information content (AvgIpc) is 2.73. The van der Waals surface area contributed by atoms with E-state index in [2.05, 4.69) is 0 Å². The smallest absolute Gasteiger partial charge is 0.175 e. The minimum absolute atomic E-state index is 0.0528. The second kappa shape index (κ2) is 9.32. The van der Waals surface area contributed by atoms with Gasteiger partial charge in [-0.3, -0.25) is 0 Å². The first-order valence-electron chi connectivity index (χ1n) is 9.25. The van der Waals surface area contributed by atoms with E-state index in [1.54, 1.807) is 43.3 Å². The van der Waals surface area contributed by atoms with Crippen LogP contribution >= 0.6 is 0 Å². The van der Waals surface area contributed by atoms with Gasteiger partial charge in [-0.2, -0.15) is 0 Å². The van der Waals surface area contributed by atoms with Gasteiger partial charge in [-0.1, -0.05) is 42.5 Å². The lowest BCUT2D eigenvalue weighted by molar-refractivity contribution is 0.342. The molecule has 0 aliphatic carbocycles. The first kappa shape index (κ1) is 20.5. The van der Waals surface area contributed by atoms with Gasteiger partial charge in [-0.05, 0) is 49.1 Å². The van der Waals surface area contributed by atoms with Crippen molar-refractivity contribution in [3.05, 3.63) is 84.2 Å². The fourth-order valence-electron chi connectivity index (χ4n) is 2.89. The Labute approximate surface area is 167 Å². The molecule has 0 aromatic heterocycles. The van der Waals surface area contributed by atoms with Gasteiger partial charge in [0.15, 0.2) is 23.2 Å². The molecular weight excluding hydrogens is 377 g/mol. The molecule has 0 spiro atoms. The molecule has 0 aliphatic rings. The molecule has 0 saturated heterocycles. The predicted molar refractivity (Wildman–Crippen MR) is 110 cm³/mol. The van der Waals surface area contributed by atoms with Gasteiger partial charge in [0.05, 0.1) is 5.39 Å². The number of hydrogen-bond acceptors (Lipinski definition) is 2. The van der Waals surface area contributed by atoms with E-state index in [1.807, 2.05) is 19.1 Å². The van der Waals surface area contributed by atoms with E-state index >= 15 is 0 Å².